The van der Waals surface area contributed by atoms with Crippen LogP contribution in [0.2, 0.25) is 0 Å². The van der Waals surface area contributed by atoms with E-state index in [1.807, 2.05) is 30.3 Å². The maximum absolute atomic E-state index is 12.7. The van der Waals surface area contributed by atoms with Gasteiger partial charge >= 0.3 is 5.97 Å². The second kappa shape index (κ2) is 6.98. The smallest absolute Gasteiger partial charge is 0.326 e. The quantitative estimate of drug-likeness (QED) is 0.847. The number of benzene rings is 1. The zero-order chi connectivity index (χ0) is 15.3. The topological polar surface area (TPSA) is 66.4 Å². The van der Waals surface area contributed by atoms with Crippen LogP contribution in [-0.4, -0.2) is 27.8 Å². The van der Waals surface area contributed by atoms with Crippen molar-refractivity contribution in [2.75, 3.05) is 0 Å². The lowest BCUT2D eigenvalue weighted by Crippen LogP contribution is -2.49. The molecule has 2 rings (SSSR count). The van der Waals surface area contributed by atoms with Crippen molar-refractivity contribution in [1.82, 2.24) is 5.32 Å². The fourth-order valence-electron chi connectivity index (χ4n) is 2.66. The summed E-state index contributed by atoms with van der Waals surface area (Å²) in [5, 5.41) is 11.8. The van der Waals surface area contributed by atoms with Crippen molar-refractivity contribution in [2.24, 2.45) is 0 Å². The average Bonchev–Trinajstić information content (AvgIpc) is 2.95. The minimum absolute atomic E-state index is 0.136. The number of nitrogens with one attached hydrogen (secondary N) is 1. The molecule has 0 radical (unpaired) electrons. The third kappa shape index (κ3) is 3.79. The van der Waals surface area contributed by atoms with Gasteiger partial charge in [0.05, 0.1) is 4.75 Å². The van der Waals surface area contributed by atoms with Crippen molar-refractivity contribution < 1.29 is 14.7 Å². The van der Waals surface area contributed by atoms with Crippen LogP contribution in [0, 0.1) is 0 Å². The fourth-order valence-corrected chi connectivity index (χ4v) is 4.05. The SMILES string of the molecule is CCC(NC(=O)C1(Sc2ccccc2)CCCC1)C(=O)O. The van der Waals surface area contributed by atoms with E-state index in [1.54, 1.807) is 18.7 Å². The molecule has 1 aromatic carbocycles. The van der Waals surface area contributed by atoms with Crippen molar-refractivity contribution in [3.8, 4) is 0 Å². The molecule has 2 N–H and O–H groups in total. The lowest BCUT2D eigenvalue weighted by atomic mass is 10.1. The summed E-state index contributed by atoms with van der Waals surface area (Å²) in [4.78, 5) is 24.8. The van der Waals surface area contributed by atoms with E-state index in [4.69, 9.17) is 5.11 Å². The number of thioether (sulfide) groups is 1. The highest BCUT2D eigenvalue weighted by Crippen LogP contribution is 2.45. The predicted octanol–water partition coefficient (Wildman–Crippen LogP) is 3.07. The Kier molecular flexibility index (Phi) is 5.28. The van der Waals surface area contributed by atoms with Gasteiger partial charge in [0.25, 0.3) is 0 Å². The van der Waals surface area contributed by atoms with Gasteiger partial charge in [-0.25, -0.2) is 4.79 Å². The highest BCUT2D eigenvalue weighted by Gasteiger charge is 2.43. The Balaban J connectivity index is 2.14. The van der Waals surface area contributed by atoms with Gasteiger partial charge in [0.1, 0.15) is 6.04 Å². The molecule has 0 aliphatic heterocycles. The number of carboxylic acids is 1. The summed E-state index contributed by atoms with van der Waals surface area (Å²) < 4.78 is -0.524. The van der Waals surface area contributed by atoms with Crippen molar-refractivity contribution in [3.05, 3.63) is 30.3 Å². The summed E-state index contributed by atoms with van der Waals surface area (Å²) in [5.41, 5.74) is 0. The number of aliphatic carboxylic acids is 1. The Morgan fingerprint density at radius 1 is 1.29 bits per heavy atom. The fraction of sp³-hybridized carbons (Fsp3) is 0.500. The normalized spacial score (nSPS) is 18.1. The lowest BCUT2D eigenvalue weighted by Gasteiger charge is -2.28. The van der Waals surface area contributed by atoms with E-state index in [9.17, 15) is 9.59 Å². The number of carbonyl (C=O) groups is 2. The molecule has 1 aromatic rings. The third-order valence-corrected chi connectivity index (χ3v) is 5.39. The molecule has 0 aromatic heterocycles. The van der Waals surface area contributed by atoms with E-state index >= 15 is 0 Å². The molecule has 4 nitrogen and oxygen atoms in total. The number of carbonyl (C=O) groups excluding carboxylic acids is 1. The van der Waals surface area contributed by atoms with E-state index in [2.05, 4.69) is 5.32 Å². The second-order valence-electron chi connectivity index (χ2n) is 5.39. The Morgan fingerprint density at radius 3 is 2.43 bits per heavy atom. The Hall–Kier alpha value is -1.49. The van der Waals surface area contributed by atoms with Gasteiger partial charge < -0.3 is 10.4 Å². The monoisotopic (exact) mass is 307 g/mol. The minimum Gasteiger partial charge on any atom is -0.480 e. The first-order valence-corrected chi connectivity index (χ1v) is 8.17. The molecule has 1 saturated carbocycles. The zero-order valence-electron chi connectivity index (χ0n) is 12.2. The Morgan fingerprint density at radius 2 is 1.90 bits per heavy atom. The van der Waals surface area contributed by atoms with Crippen LogP contribution in [-0.2, 0) is 9.59 Å². The molecule has 21 heavy (non-hydrogen) atoms. The first-order valence-electron chi connectivity index (χ1n) is 7.35. The Labute approximate surface area is 129 Å². The molecule has 1 amide bonds. The summed E-state index contributed by atoms with van der Waals surface area (Å²) in [7, 11) is 0. The van der Waals surface area contributed by atoms with Crippen LogP contribution in [0.4, 0.5) is 0 Å². The molecule has 0 bridgehead atoms. The summed E-state index contributed by atoms with van der Waals surface area (Å²) in [6, 6.07) is 9.04. The summed E-state index contributed by atoms with van der Waals surface area (Å²) in [6.07, 6.45) is 4.02. The molecule has 1 unspecified atom stereocenters. The first kappa shape index (κ1) is 15.9. The summed E-state index contributed by atoms with van der Waals surface area (Å²) >= 11 is 1.57. The largest absolute Gasteiger partial charge is 0.480 e. The van der Waals surface area contributed by atoms with E-state index in [1.165, 1.54) is 0 Å². The molecule has 1 atom stereocenters. The van der Waals surface area contributed by atoms with Gasteiger partial charge in [0.15, 0.2) is 0 Å². The number of rotatable bonds is 6. The standard InChI is InChI=1S/C16H21NO3S/c1-2-13(14(18)19)17-15(20)16(10-6-7-11-16)21-12-8-4-3-5-9-12/h3-5,8-9,13H,2,6-7,10-11H2,1H3,(H,17,20)(H,18,19). The van der Waals surface area contributed by atoms with Crippen molar-refractivity contribution in [3.63, 3.8) is 0 Å². The van der Waals surface area contributed by atoms with Gasteiger partial charge in [-0.05, 0) is 31.4 Å². The van der Waals surface area contributed by atoms with E-state index in [0.717, 1.165) is 30.6 Å². The zero-order valence-corrected chi connectivity index (χ0v) is 13.0. The second-order valence-corrected chi connectivity index (χ2v) is 6.85. The molecule has 1 aliphatic rings. The molecular formula is C16H21NO3S. The molecule has 1 fully saturated rings. The van der Waals surface area contributed by atoms with Crippen molar-refractivity contribution in [1.29, 1.82) is 0 Å². The van der Waals surface area contributed by atoms with Crippen molar-refractivity contribution in [2.45, 2.75) is 54.7 Å². The maximum atomic E-state index is 12.7. The van der Waals surface area contributed by atoms with Gasteiger partial charge in [-0.3, -0.25) is 4.79 Å². The molecule has 0 heterocycles. The third-order valence-electron chi connectivity index (χ3n) is 3.89. The number of hydrogen-bond donors (Lipinski definition) is 2. The average molecular weight is 307 g/mol. The van der Waals surface area contributed by atoms with Crippen LogP contribution in [0.5, 0.6) is 0 Å². The molecule has 1 aliphatic carbocycles. The van der Waals surface area contributed by atoms with Gasteiger partial charge in [0.2, 0.25) is 5.91 Å². The highest BCUT2D eigenvalue weighted by atomic mass is 32.2. The van der Waals surface area contributed by atoms with Crippen LogP contribution >= 0.6 is 11.8 Å². The Bertz CT molecular complexity index is 498. The van der Waals surface area contributed by atoms with Crippen LogP contribution in [0.1, 0.15) is 39.0 Å². The maximum Gasteiger partial charge on any atom is 0.326 e. The molecule has 5 heteroatoms. The number of carboxylic acid groups (broad SMARTS) is 1. The number of hydrogen-bond acceptors (Lipinski definition) is 3. The van der Waals surface area contributed by atoms with Crippen molar-refractivity contribution >= 4 is 23.6 Å². The van der Waals surface area contributed by atoms with Gasteiger partial charge in [-0.2, -0.15) is 0 Å². The van der Waals surface area contributed by atoms with E-state index in [-0.39, 0.29) is 5.91 Å². The molecule has 114 valence electrons. The lowest BCUT2D eigenvalue weighted by molar-refractivity contribution is -0.142. The minimum atomic E-state index is -0.969. The van der Waals surface area contributed by atoms with Gasteiger partial charge in [-0.15, -0.1) is 11.8 Å². The van der Waals surface area contributed by atoms with Crippen LogP contribution in [0.25, 0.3) is 0 Å². The van der Waals surface area contributed by atoms with E-state index in [0.29, 0.717) is 6.42 Å². The highest BCUT2D eigenvalue weighted by molar-refractivity contribution is 8.01. The van der Waals surface area contributed by atoms with E-state index < -0.39 is 16.8 Å². The molecule has 0 saturated heterocycles. The summed E-state index contributed by atoms with van der Waals surface area (Å²) in [6.45, 7) is 1.77. The van der Waals surface area contributed by atoms with Crippen LogP contribution in [0.3, 0.4) is 0 Å². The first-order chi connectivity index (χ1) is 10.1. The molecular weight excluding hydrogens is 286 g/mol. The van der Waals surface area contributed by atoms with Crippen LogP contribution < -0.4 is 5.32 Å². The summed E-state index contributed by atoms with van der Waals surface area (Å²) in [5.74, 6) is -1.10. The molecule has 0 spiro atoms. The van der Waals surface area contributed by atoms with Crippen LogP contribution in [0.15, 0.2) is 35.2 Å². The number of amides is 1. The van der Waals surface area contributed by atoms with Gasteiger partial charge in [0, 0.05) is 4.90 Å². The van der Waals surface area contributed by atoms with Gasteiger partial charge in [-0.1, -0.05) is 38.0 Å². The predicted molar refractivity (Wildman–Crippen MR) is 83.4 cm³/mol.